The van der Waals surface area contributed by atoms with E-state index in [0.29, 0.717) is 17.9 Å². The highest BCUT2D eigenvalue weighted by molar-refractivity contribution is 7.89. The molecule has 1 heterocycles. The lowest BCUT2D eigenvalue weighted by atomic mass is 10.00. The molecule has 37 heavy (non-hydrogen) atoms. The van der Waals surface area contributed by atoms with E-state index in [1.54, 1.807) is 13.0 Å². The van der Waals surface area contributed by atoms with E-state index in [0.717, 1.165) is 5.56 Å². The Bertz CT molecular complexity index is 1220. The smallest absolute Gasteiger partial charge is 0.243 e. The van der Waals surface area contributed by atoms with E-state index in [9.17, 15) is 18.3 Å². The molecule has 10 heteroatoms. The van der Waals surface area contributed by atoms with Crippen molar-refractivity contribution in [1.82, 2.24) is 9.62 Å². The molecule has 0 bridgehead atoms. The van der Waals surface area contributed by atoms with Gasteiger partial charge in [-0.1, -0.05) is 44.2 Å². The Labute approximate surface area is 219 Å². The minimum absolute atomic E-state index is 0.0146. The average Bonchev–Trinajstić information content (AvgIpc) is 3.34. The van der Waals surface area contributed by atoms with E-state index in [4.69, 9.17) is 15.2 Å². The summed E-state index contributed by atoms with van der Waals surface area (Å²) in [5.41, 5.74) is 6.86. The highest BCUT2D eigenvalue weighted by Crippen LogP contribution is 2.34. The zero-order valence-corrected chi connectivity index (χ0v) is 22.2. The molecule has 3 atom stereocenters. The number of rotatable bonds is 12. The molecule has 0 fully saturated rings. The van der Waals surface area contributed by atoms with E-state index in [-0.39, 0.29) is 37.1 Å². The van der Waals surface area contributed by atoms with Crippen LogP contribution in [0.15, 0.2) is 53.4 Å². The number of aliphatic hydroxyl groups excluding tert-OH is 1. The zero-order chi connectivity index (χ0) is 27.0. The Morgan fingerprint density at radius 2 is 1.84 bits per heavy atom. The van der Waals surface area contributed by atoms with Crippen LogP contribution in [0.5, 0.6) is 11.5 Å². The largest absolute Gasteiger partial charge is 0.454 e. The Balaban J connectivity index is 1.85. The van der Waals surface area contributed by atoms with Crippen molar-refractivity contribution in [1.29, 1.82) is 0 Å². The van der Waals surface area contributed by atoms with Gasteiger partial charge in [0.05, 0.1) is 23.1 Å². The van der Waals surface area contributed by atoms with Crippen LogP contribution >= 0.6 is 0 Å². The summed E-state index contributed by atoms with van der Waals surface area (Å²) in [6.45, 7) is 5.43. The molecule has 1 amide bonds. The third-order valence-electron chi connectivity index (χ3n) is 5.87. The second-order valence-corrected chi connectivity index (χ2v) is 11.3. The molecular formula is C27H35N3O6S. The Hall–Kier alpha value is -3.10. The summed E-state index contributed by atoms with van der Waals surface area (Å²) in [5, 5.41) is 14.1. The van der Waals surface area contributed by atoms with Crippen LogP contribution in [0.25, 0.3) is 0 Å². The van der Waals surface area contributed by atoms with Crippen molar-refractivity contribution in [3.63, 3.8) is 0 Å². The second-order valence-electron chi connectivity index (χ2n) is 9.34. The van der Waals surface area contributed by atoms with E-state index in [1.807, 2.05) is 44.2 Å². The Kier molecular flexibility index (Phi) is 9.94. The predicted octanol–water partition coefficient (Wildman–Crippen LogP) is 1.89. The van der Waals surface area contributed by atoms with E-state index in [2.05, 4.69) is 17.2 Å². The molecule has 1 aliphatic rings. The van der Waals surface area contributed by atoms with Gasteiger partial charge >= 0.3 is 0 Å². The summed E-state index contributed by atoms with van der Waals surface area (Å²) in [6, 6.07) is 12.1. The van der Waals surface area contributed by atoms with Gasteiger partial charge in [0.2, 0.25) is 22.7 Å². The monoisotopic (exact) mass is 529 g/mol. The lowest BCUT2D eigenvalue weighted by Gasteiger charge is -2.31. The van der Waals surface area contributed by atoms with Gasteiger partial charge in [-0.25, -0.2) is 8.42 Å². The van der Waals surface area contributed by atoms with Gasteiger partial charge in [0.15, 0.2) is 11.5 Å². The van der Waals surface area contributed by atoms with Gasteiger partial charge in [-0.3, -0.25) is 4.79 Å². The molecule has 0 spiro atoms. The van der Waals surface area contributed by atoms with Crippen molar-refractivity contribution in [3.05, 3.63) is 54.1 Å². The number of hydrogen-bond donors (Lipinski definition) is 3. The van der Waals surface area contributed by atoms with Crippen LogP contribution in [-0.4, -0.2) is 61.8 Å². The molecule has 0 saturated carbocycles. The number of nitrogens with two attached hydrogens (primary N) is 1. The third kappa shape index (κ3) is 7.69. The fourth-order valence-electron chi connectivity index (χ4n) is 3.95. The summed E-state index contributed by atoms with van der Waals surface area (Å²) in [6.07, 6.45) is -0.746. The molecule has 3 unspecified atom stereocenters. The normalized spacial score (nSPS) is 15.1. The zero-order valence-electron chi connectivity index (χ0n) is 21.4. The van der Waals surface area contributed by atoms with Gasteiger partial charge in [0, 0.05) is 25.6 Å². The molecule has 4 N–H and O–H groups in total. The first-order valence-corrected chi connectivity index (χ1v) is 13.6. The van der Waals surface area contributed by atoms with Gasteiger partial charge in [0.1, 0.15) is 0 Å². The van der Waals surface area contributed by atoms with Crippen molar-refractivity contribution in [2.75, 3.05) is 19.9 Å². The lowest BCUT2D eigenvalue weighted by molar-refractivity contribution is -0.123. The molecule has 2 aromatic rings. The van der Waals surface area contributed by atoms with Crippen LogP contribution in [0.3, 0.4) is 0 Å². The number of benzene rings is 2. The van der Waals surface area contributed by atoms with Gasteiger partial charge in [-0.05, 0) is 37.0 Å². The summed E-state index contributed by atoms with van der Waals surface area (Å²) >= 11 is 0. The first-order chi connectivity index (χ1) is 17.6. The van der Waals surface area contributed by atoms with Crippen molar-refractivity contribution in [2.24, 2.45) is 11.7 Å². The summed E-state index contributed by atoms with van der Waals surface area (Å²) < 4.78 is 39.1. The quantitative estimate of drug-likeness (QED) is 0.358. The Morgan fingerprint density at radius 1 is 1.14 bits per heavy atom. The number of amides is 1. The number of aliphatic hydroxyl groups is 1. The van der Waals surface area contributed by atoms with Crippen LogP contribution in [0.2, 0.25) is 0 Å². The molecule has 3 rings (SSSR count). The van der Waals surface area contributed by atoms with Crippen LogP contribution < -0.4 is 20.5 Å². The molecule has 0 radical (unpaired) electrons. The minimum Gasteiger partial charge on any atom is -0.454 e. The highest BCUT2D eigenvalue weighted by Gasteiger charge is 2.33. The van der Waals surface area contributed by atoms with Gasteiger partial charge < -0.3 is 25.6 Å². The maximum Gasteiger partial charge on any atom is 0.243 e. The molecule has 0 aromatic heterocycles. The van der Waals surface area contributed by atoms with Crippen LogP contribution in [0.4, 0.5) is 0 Å². The van der Waals surface area contributed by atoms with Gasteiger partial charge in [0.25, 0.3) is 0 Å². The molecule has 0 aliphatic carbocycles. The number of hydrogen-bond acceptors (Lipinski definition) is 7. The third-order valence-corrected chi connectivity index (χ3v) is 7.69. The fourth-order valence-corrected chi connectivity index (χ4v) is 5.58. The summed E-state index contributed by atoms with van der Waals surface area (Å²) in [5.74, 6) is 5.85. The van der Waals surface area contributed by atoms with Crippen molar-refractivity contribution in [3.8, 4) is 23.3 Å². The number of sulfonamides is 1. The van der Waals surface area contributed by atoms with Crippen molar-refractivity contribution < 1.29 is 27.8 Å². The first-order valence-electron chi connectivity index (χ1n) is 12.2. The summed E-state index contributed by atoms with van der Waals surface area (Å²) in [4.78, 5) is 12.8. The lowest BCUT2D eigenvalue weighted by Crippen LogP contribution is -2.54. The number of fused-ring (bicyclic) bond motifs is 1. The molecular weight excluding hydrogens is 494 g/mol. The maximum atomic E-state index is 13.6. The topological polar surface area (TPSA) is 131 Å². The molecule has 9 nitrogen and oxygen atoms in total. The molecule has 200 valence electrons. The standard InChI is InChI=1S/C27H35N3O6S/c1-4-5-11-22(28)27(32)29-23(14-20-9-7-6-8-10-20)24(31)17-30(16-19(2)3)37(33,34)21-12-13-25-26(15-21)36-18-35-25/h6-10,12-13,15,19,22-24,31H,11,14,16-18,28H2,1-3H3,(H,29,32). The van der Waals surface area contributed by atoms with E-state index in [1.165, 1.54) is 16.4 Å². The van der Waals surface area contributed by atoms with E-state index < -0.39 is 34.1 Å². The van der Waals surface area contributed by atoms with Crippen LogP contribution in [0, 0.1) is 17.8 Å². The SMILES string of the molecule is CC#CCC(N)C(=O)NC(Cc1ccccc1)C(O)CN(CC(C)C)S(=O)(=O)c1ccc2c(c1)OCO2. The van der Waals surface area contributed by atoms with Gasteiger partial charge in [-0.2, -0.15) is 4.31 Å². The number of nitrogens with one attached hydrogen (secondary N) is 1. The molecule has 1 aliphatic heterocycles. The minimum atomic E-state index is -3.99. The van der Waals surface area contributed by atoms with Crippen LogP contribution in [-0.2, 0) is 21.2 Å². The first kappa shape index (κ1) is 28.5. The number of ether oxygens (including phenoxy) is 2. The summed E-state index contributed by atoms with van der Waals surface area (Å²) in [7, 11) is -3.99. The highest BCUT2D eigenvalue weighted by atomic mass is 32.2. The van der Waals surface area contributed by atoms with Gasteiger partial charge in [-0.15, -0.1) is 11.8 Å². The predicted molar refractivity (Wildman–Crippen MR) is 140 cm³/mol. The number of nitrogens with zero attached hydrogens (tertiary/aromatic N) is 1. The van der Waals surface area contributed by atoms with E-state index >= 15 is 0 Å². The fraction of sp³-hybridized carbons (Fsp3) is 0.444. The number of carbonyl (C=O) groups excluding carboxylic acids is 1. The van der Waals surface area contributed by atoms with Crippen molar-refractivity contribution >= 4 is 15.9 Å². The molecule has 2 aromatic carbocycles. The van der Waals surface area contributed by atoms with Crippen molar-refractivity contribution in [2.45, 2.75) is 56.7 Å². The molecule has 0 saturated heterocycles. The second kappa shape index (κ2) is 12.9. The Morgan fingerprint density at radius 3 is 2.51 bits per heavy atom. The maximum absolute atomic E-state index is 13.6. The number of carbonyl (C=O) groups is 1. The van der Waals surface area contributed by atoms with Crippen LogP contribution in [0.1, 0.15) is 32.8 Å². The average molecular weight is 530 g/mol.